The number of nitrogen functional groups attached to an aromatic ring is 1. The number of rotatable bonds is 15. The van der Waals surface area contributed by atoms with E-state index in [2.05, 4.69) is 72.2 Å². The number of aldehydes is 1. The number of benzene rings is 2. The molecule has 2 aliphatic rings. The molecular weight excluding hydrogens is 852 g/mol. The van der Waals surface area contributed by atoms with Crippen LogP contribution in [-0.4, -0.2) is 183 Å². The van der Waals surface area contributed by atoms with Crippen molar-refractivity contribution in [3.05, 3.63) is 90.8 Å². The summed E-state index contributed by atoms with van der Waals surface area (Å²) in [5, 5.41) is 1.01. The molecule has 5 aromatic rings. The summed E-state index contributed by atoms with van der Waals surface area (Å²) in [6.45, 7) is 15.8. The molecule has 0 amide bonds. The Hall–Kier alpha value is -3.12. The van der Waals surface area contributed by atoms with Gasteiger partial charge in [-0.3, -0.25) is 4.79 Å². The smallest absolute Gasteiger partial charge is 0.213 e. The van der Waals surface area contributed by atoms with Gasteiger partial charge in [-0.05, 0) is 73.9 Å². The highest BCUT2D eigenvalue weighted by molar-refractivity contribution is 8.10. The summed E-state index contributed by atoms with van der Waals surface area (Å²) >= 11 is 5.77. The maximum absolute atomic E-state index is 10.5. The van der Waals surface area contributed by atoms with Crippen LogP contribution >= 0.6 is 24.0 Å². The number of aromatic nitrogens is 3. The second-order valence-corrected chi connectivity index (χ2v) is 19.5. The molecule has 7 rings (SSSR count). The molecule has 2 saturated heterocycles. The number of para-hydroxylation sites is 2. The van der Waals surface area contributed by atoms with Crippen molar-refractivity contribution in [1.29, 1.82) is 0 Å². The minimum absolute atomic E-state index is 0.248. The van der Waals surface area contributed by atoms with E-state index in [1.165, 1.54) is 17.8 Å². The van der Waals surface area contributed by atoms with Gasteiger partial charge in [0.15, 0.2) is 6.29 Å². The zero-order valence-electron chi connectivity index (χ0n) is 39.5. The zero-order valence-corrected chi connectivity index (χ0v) is 41.2. The number of nitrogens with two attached hydrogens (primary N) is 1. The summed E-state index contributed by atoms with van der Waals surface area (Å²) in [5.41, 5.74) is 8.85. The van der Waals surface area contributed by atoms with Crippen molar-refractivity contribution in [3.63, 3.8) is 0 Å². The molecule has 2 N–H and O–H groups in total. The average Bonchev–Trinajstić information content (AvgIpc) is 3.73. The molecule has 2 fully saturated rings. The number of nitrogens with zero attached hydrogens (tertiary/aromatic N) is 5. The number of hydrogen-bond acceptors (Lipinski definition) is 11. The first-order valence-electron chi connectivity index (χ1n) is 23.0. The van der Waals surface area contributed by atoms with Gasteiger partial charge in [-0.25, -0.2) is 15.0 Å². The van der Waals surface area contributed by atoms with E-state index in [-0.39, 0.29) is 12.2 Å². The lowest BCUT2D eigenvalue weighted by Crippen LogP contribution is -2.72. The number of ether oxygens (including phenoxy) is 2. The van der Waals surface area contributed by atoms with Gasteiger partial charge < -0.3 is 25.0 Å². The topological polar surface area (TPSA) is 107 Å². The molecule has 2 aliphatic heterocycles. The number of hydrogen-bond donors (Lipinski definition) is 2. The van der Waals surface area contributed by atoms with Gasteiger partial charge in [-0.15, -0.1) is 24.0 Å². The van der Waals surface area contributed by atoms with Crippen LogP contribution in [0.15, 0.2) is 90.1 Å². The van der Waals surface area contributed by atoms with Gasteiger partial charge in [0.2, 0.25) is 11.8 Å². The van der Waals surface area contributed by atoms with Crippen molar-refractivity contribution >= 4 is 146 Å². The summed E-state index contributed by atoms with van der Waals surface area (Å²) in [6.07, 6.45) is 4.91. The molecule has 5 heterocycles. The molecule has 16 radical (unpaired) electrons. The van der Waals surface area contributed by atoms with Gasteiger partial charge in [-0.1, -0.05) is 52.0 Å². The number of anilines is 1. The molecule has 25 heteroatoms. The van der Waals surface area contributed by atoms with E-state index in [9.17, 15) is 4.79 Å². The Morgan fingerprint density at radius 3 is 1.52 bits per heavy atom. The molecule has 2 aromatic carbocycles. The summed E-state index contributed by atoms with van der Waals surface area (Å²) in [7, 11) is 44.1. The molecule has 0 unspecified atom stereocenters. The maximum atomic E-state index is 10.5. The predicted molar refractivity (Wildman–Crippen MR) is 301 cm³/mol. The van der Waals surface area contributed by atoms with Crippen molar-refractivity contribution in [1.82, 2.24) is 24.8 Å². The minimum Gasteiger partial charge on any atom is -0.474 e. The third-order valence-corrected chi connectivity index (χ3v) is 12.7. The lowest BCUT2D eigenvalue weighted by Gasteiger charge is -2.34. The number of likely N-dealkylation sites (tertiary alicyclic amines) is 2. The van der Waals surface area contributed by atoms with Crippen LogP contribution in [0.4, 0.5) is 5.69 Å². The highest BCUT2D eigenvalue weighted by atomic mass is 32.1. The molecular formula is C42H54B14N6O3S2. The molecule has 324 valence electrons. The van der Waals surface area contributed by atoms with Crippen molar-refractivity contribution in [3.8, 4) is 22.3 Å². The fourth-order valence-corrected chi connectivity index (χ4v) is 9.04. The molecule has 67 heavy (non-hydrogen) atoms. The monoisotopic (exact) mass is 909 g/mol. The molecule has 0 atom stereocenters. The number of fused-ring (bicyclic) bond motifs is 1. The molecule has 9 nitrogen and oxygen atoms in total. The van der Waals surface area contributed by atoms with Crippen molar-refractivity contribution in [2.45, 2.75) is 70.5 Å². The fraction of sp³-hybridized carbons (Fsp3) is 0.429. The summed E-state index contributed by atoms with van der Waals surface area (Å²) in [6, 6.07) is 23.2. The fourth-order valence-electron chi connectivity index (χ4n) is 7.92. The van der Waals surface area contributed by atoms with E-state index >= 15 is 0 Å². The highest BCUT2D eigenvalue weighted by Gasteiger charge is 2.35. The first-order chi connectivity index (χ1) is 31.9. The van der Waals surface area contributed by atoms with Crippen LogP contribution in [0.2, 0.25) is 0 Å². The van der Waals surface area contributed by atoms with Crippen LogP contribution in [0.3, 0.4) is 0 Å². The number of thiol groups is 1. The largest absolute Gasteiger partial charge is 0.474 e. The Morgan fingerprint density at radius 1 is 0.687 bits per heavy atom. The predicted octanol–water partition coefficient (Wildman–Crippen LogP) is 3.48. The lowest BCUT2D eigenvalue weighted by atomic mass is 8.47. The quantitative estimate of drug-likeness (QED) is 0.0708. The number of pyridine rings is 2. The Balaban J connectivity index is 0.000000211. The molecule has 0 spiro atoms. The Labute approximate surface area is 423 Å². The average molecular weight is 906 g/mol. The first-order valence-corrected chi connectivity index (χ1v) is 24.3. The number of carbonyl (C=O) groups is 1. The Bertz CT molecular complexity index is 2080. The van der Waals surface area contributed by atoms with Gasteiger partial charge in [-0.2, -0.15) is 0 Å². The molecule has 0 saturated carbocycles. The first kappa shape index (κ1) is 56.5. The van der Waals surface area contributed by atoms with E-state index in [0.717, 1.165) is 103 Å². The van der Waals surface area contributed by atoms with Crippen LogP contribution in [-0.2, 0) is 0 Å². The standard InChI is InChI=1S/C21H25N3OS.C15H22N2O2.C6H7NS.B14/c1-15(2)14-24-11-9-17(10-12-24)25-20-8-7-16(13-22-20)21-23-18-5-3-4-6-19(18)26-21;1-12(2)10-17-7-5-14(6-8-17)19-15-4-3-13(11-18)9-16-15;7-5-3-1-2-4-6(5)8;1-9(2)13(10(3)4)14(11(5)6)12(7)8/h3-8,13,15,17H,9-12,14H2,1-2H3;3-4,9,11-12,14H,5-8,10H2,1-2H3;1-4,8H,7H2;. The summed E-state index contributed by atoms with van der Waals surface area (Å²) < 4.78 is 13.2. The Morgan fingerprint density at radius 2 is 1.15 bits per heavy atom. The zero-order chi connectivity index (χ0) is 49.0. The van der Waals surface area contributed by atoms with E-state index in [1.807, 2.05) is 54.7 Å². The van der Waals surface area contributed by atoms with Gasteiger partial charge >= 0.3 is 0 Å². The van der Waals surface area contributed by atoms with E-state index in [4.69, 9.17) is 82.1 Å². The minimum atomic E-state index is -0.760. The second-order valence-electron chi connectivity index (χ2n) is 18.0. The van der Waals surface area contributed by atoms with Crippen molar-refractivity contribution < 1.29 is 14.3 Å². The van der Waals surface area contributed by atoms with E-state index < -0.39 is 38.3 Å². The van der Waals surface area contributed by atoms with Crippen LogP contribution in [0, 0.1) is 11.8 Å². The highest BCUT2D eigenvalue weighted by Crippen LogP contribution is 2.30. The number of carbonyl (C=O) groups excluding carboxylic acids is 1. The van der Waals surface area contributed by atoms with Crippen LogP contribution < -0.4 is 15.2 Å². The van der Waals surface area contributed by atoms with E-state index in [1.54, 1.807) is 29.7 Å². The summed E-state index contributed by atoms with van der Waals surface area (Å²) in [5.74, 6) is 2.78. The third kappa shape index (κ3) is 19.7. The molecule has 0 bridgehead atoms. The Kier molecular flexibility index (Phi) is 24.6. The van der Waals surface area contributed by atoms with Crippen molar-refractivity contribution in [2.75, 3.05) is 45.0 Å². The maximum Gasteiger partial charge on any atom is 0.213 e. The third-order valence-electron chi connectivity index (χ3n) is 11.2. The van der Waals surface area contributed by atoms with Crippen LogP contribution in [0.5, 0.6) is 11.8 Å². The van der Waals surface area contributed by atoms with Gasteiger partial charge in [0, 0.05) is 186 Å². The van der Waals surface area contributed by atoms with Crippen molar-refractivity contribution in [2.24, 2.45) is 11.8 Å². The number of piperidine rings is 2. The van der Waals surface area contributed by atoms with E-state index in [0.29, 0.717) is 11.4 Å². The van der Waals surface area contributed by atoms with Crippen LogP contribution in [0.1, 0.15) is 63.7 Å². The number of thiazole rings is 1. The van der Waals surface area contributed by atoms with Gasteiger partial charge in [0.25, 0.3) is 0 Å². The molecule has 0 aliphatic carbocycles. The molecule has 3 aromatic heterocycles. The lowest BCUT2D eigenvalue weighted by molar-refractivity contribution is 0.0906. The summed E-state index contributed by atoms with van der Waals surface area (Å²) in [4.78, 5) is 29.8. The second kappa shape index (κ2) is 29.2. The van der Waals surface area contributed by atoms with Gasteiger partial charge in [0.1, 0.15) is 17.2 Å². The van der Waals surface area contributed by atoms with Gasteiger partial charge in [0.05, 0.1) is 10.2 Å². The SMILES string of the molecule is CC(C)CN1CCC(Oc2ccc(-c3nc4ccccc4s3)cn2)CC1.CC(C)CN1CCC(Oc2ccc(C=O)cn2)CC1.Nc1ccccc1S.[B]B([B])B(B([B])[B])B(B([B])[B])B([B])[B]. The van der Waals surface area contributed by atoms with Crippen LogP contribution in [0.25, 0.3) is 20.8 Å². The normalized spacial score (nSPS) is 14.3.